The molecular weight excluding hydrogens is 266 g/mol. The van der Waals surface area contributed by atoms with Gasteiger partial charge in [0.25, 0.3) is 0 Å². The molecule has 19 heavy (non-hydrogen) atoms. The average Bonchev–Trinajstić information content (AvgIpc) is 2.44. The van der Waals surface area contributed by atoms with Crippen molar-refractivity contribution in [1.29, 1.82) is 0 Å². The summed E-state index contributed by atoms with van der Waals surface area (Å²) in [4.78, 5) is 25.5. The second kappa shape index (κ2) is 9.20. The van der Waals surface area contributed by atoms with Gasteiger partial charge in [0.1, 0.15) is 0 Å². The highest BCUT2D eigenvalue weighted by molar-refractivity contribution is 7.99. The maximum atomic E-state index is 12.0. The van der Waals surface area contributed by atoms with Crippen LogP contribution in [0, 0.1) is 5.92 Å². The topological polar surface area (TPSA) is 55.8 Å². The van der Waals surface area contributed by atoms with Crippen LogP contribution in [0.4, 0.5) is 0 Å². The fraction of sp³-hybridized carbons (Fsp3) is 0.846. The number of hydrogen-bond donors (Lipinski definition) is 0. The van der Waals surface area contributed by atoms with Crippen LogP contribution in [-0.4, -0.2) is 61.7 Å². The summed E-state index contributed by atoms with van der Waals surface area (Å²) in [6.07, 6.45) is 1.69. The molecule has 1 aliphatic rings. The molecule has 1 saturated heterocycles. The minimum atomic E-state index is -0.174. The second-order valence-electron chi connectivity index (χ2n) is 4.48. The Bertz CT molecular complexity index is 298. The molecule has 1 rings (SSSR count). The van der Waals surface area contributed by atoms with Gasteiger partial charge in [0.2, 0.25) is 5.91 Å². The predicted octanol–water partition coefficient (Wildman–Crippen LogP) is 1.17. The molecule has 1 amide bonds. The second-order valence-corrected chi connectivity index (χ2v) is 5.58. The molecule has 0 aliphatic carbocycles. The largest absolute Gasteiger partial charge is 0.466 e. The predicted molar refractivity (Wildman–Crippen MR) is 75.1 cm³/mol. The summed E-state index contributed by atoms with van der Waals surface area (Å²) in [5, 5.41) is 0. The number of methoxy groups -OCH3 is 1. The van der Waals surface area contributed by atoms with Crippen LogP contribution in [0.2, 0.25) is 0 Å². The molecule has 5 nitrogen and oxygen atoms in total. The Morgan fingerprint density at radius 2 is 2.21 bits per heavy atom. The number of nitrogens with zero attached hydrogens (tertiary/aromatic N) is 1. The lowest BCUT2D eigenvalue weighted by atomic mass is 9.98. The van der Waals surface area contributed by atoms with Gasteiger partial charge in [-0.05, 0) is 19.8 Å². The van der Waals surface area contributed by atoms with E-state index in [2.05, 4.69) is 0 Å². The summed E-state index contributed by atoms with van der Waals surface area (Å²) in [6, 6.07) is 0. The fourth-order valence-electron chi connectivity index (χ4n) is 2.05. The zero-order valence-electron chi connectivity index (χ0n) is 11.7. The number of likely N-dealkylation sites (tertiary alicyclic amines) is 1. The molecule has 0 bridgehead atoms. The Hall–Kier alpha value is -0.750. The highest BCUT2D eigenvalue weighted by atomic mass is 32.2. The Kier molecular flexibility index (Phi) is 7.90. The van der Waals surface area contributed by atoms with Crippen molar-refractivity contribution in [2.75, 3.05) is 44.9 Å². The van der Waals surface area contributed by atoms with E-state index in [-0.39, 0.29) is 17.8 Å². The van der Waals surface area contributed by atoms with Crippen LogP contribution < -0.4 is 0 Å². The molecule has 6 heteroatoms. The number of esters is 1. The highest BCUT2D eigenvalue weighted by Crippen LogP contribution is 2.18. The average molecular weight is 289 g/mol. The normalized spacial score (nSPS) is 19.3. The van der Waals surface area contributed by atoms with E-state index >= 15 is 0 Å². The van der Waals surface area contributed by atoms with Crippen molar-refractivity contribution in [2.24, 2.45) is 5.92 Å². The molecule has 1 atom stereocenters. The quantitative estimate of drug-likeness (QED) is 0.520. The first-order valence-electron chi connectivity index (χ1n) is 6.70. The van der Waals surface area contributed by atoms with E-state index in [9.17, 15) is 9.59 Å². The summed E-state index contributed by atoms with van der Waals surface area (Å²) in [7, 11) is 1.65. The van der Waals surface area contributed by atoms with Crippen molar-refractivity contribution in [1.82, 2.24) is 4.90 Å². The van der Waals surface area contributed by atoms with E-state index in [0.717, 1.165) is 25.1 Å². The fourth-order valence-corrected chi connectivity index (χ4v) is 2.84. The summed E-state index contributed by atoms with van der Waals surface area (Å²) < 4.78 is 9.96. The van der Waals surface area contributed by atoms with Crippen molar-refractivity contribution in [3.05, 3.63) is 0 Å². The van der Waals surface area contributed by atoms with Gasteiger partial charge < -0.3 is 14.4 Å². The van der Waals surface area contributed by atoms with E-state index in [1.807, 2.05) is 0 Å². The number of piperidine rings is 1. The third-order valence-electron chi connectivity index (χ3n) is 3.05. The number of amides is 1. The third-order valence-corrected chi connectivity index (χ3v) is 3.96. The van der Waals surface area contributed by atoms with Crippen LogP contribution in [0.15, 0.2) is 0 Å². The number of ether oxygens (including phenoxy) is 2. The summed E-state index contributed by atoms with van der Waals surface area (Å²) in [5.74, 6) is 1.06. The van der Waals surface area contributed by atoms with Gasteiger partial charge in [0.15, 0.2) is 0 Å². The standard InChI is InChI=1S/C13H23NO4S/c1-3-18-13(16)11-5-4-6-14(9-11)12(15)10-19-8-7-17-2/h11H,3-10H2,1-2H3. The molecule has 0 saturated carbocycles. The van der Waals surface area contributed by atoms with Gasteiger partial charge in [-0.25, -0.2) is 0 Å². The van der Waals surface area contributed by atoms with Gasteiger partial charge in [0, 0.05) is 26.0 Å². The van der Waals surface area contributed by atoms with Crippen molar-refractivity contribution < 1.29 is 19.1 Å². The van der Waals surface area contributed by atoms with Crippen LogP contribution in [0.1, 0.15) is 19.8 Å². The molecular formula is C13H23NO4S. The zero-order valence-corrected chi connectivity index (χ0v) is 12.5. The maximum Gasteiger partial charge on any atom is 0.310 e. The van der Waals surface area contributed by atoms with Crippen LogP contribution >= 0.6 is 11.8 Å². The summed E-state index contributed by atoms with van der Waals surface area (Å²) in [5.41, 5.74) is 0. The van der Waals surface area contributed by atoms with E-state index in [4.69, 9.17) is 9.47 Å². The van der Waals surface area contributed by atoms with Gasteiger partial charge >= 0.3 is 5.97 Å². The maximum absolute atomic E-state index is 12.0. The van der Waals surface area contributed by atoms with Gasteiger partial charge in [-0.3, -0.25) is 9.59 Å². The van der Waals surface area contributed by atoms with Crippen LogP contribution in [0.3, 0.4) is 0 Å². The number of hydrogen-bond acceptors (Lipinski definition) is 5. The molecule has 1 fully saturated rings. The van der Waals surface area contributed by atoms with Gasteiger partial charge in [-0.2, -0.15) is 0 Å². The lowest BCUT2D eigenvalue weighted by Gasteiger charge is -2.31. The van der Waals surface area contributed by atoms with Crippen LogP contribution in [-0.2, 0) is 19.1 Å². The molecule has 0 N–H and O–H groups in total. The molecule has 1 aliphatic heterocycles. The molecule has 1 heterocycles. The van der Waals surface area contributed by atoms with Crippen LogP contribution in [0.5, 0.6) is 0 Å². The zero-order chi connectivity index (χ0) is 14.1. The Balaban J connectivity index is 2.32. The molecule has 0 aromatic rings. The lowest BCUT2D eigenvalue weighted by Crippen LogP contribution is -2.43. The summed E-state index contributed by atoms with van der Waals surface area (Å²) >= 11 is 1.57. The van der Waals surface area contributed by atoms with Crippen LogP contribution in [0.25, 0.3) is 0 Å². The Labute approximate surface area is 119 Å². The van der Waals surface area contributed by atoms with Gasteiger partial charge in [-0.15, -0.1) is 11.8 Å². The Morgan fingerprint density at radius 3 is 2.89 bits per heavy atom. The minimum absolute atomic E-state index is 0.107. The number of thioether (sulfide) groups is 1. The van der Waals surface area contributed by atoms with E-state index in [1.54, 1.807) is 30.7 Å². The lowest BCUT2D eigenvalue weighted by molar-refractivity contribution is -0.151. The number of rotatable bonds is 7. The summed E-state index contributed by atoms with van der Waals surface area (Å²) in [6.45, 7) is 4.11. The van der Waals surface area contributed by atoms with Gasteiger partial charge in [-0.1, -0.05) is 0 Å². The molecule has 0 aromatic carbocycles. The van der Waals surface area contributed by atoms with E-state index in [1.165, 1.54) is 0 Å². The molecule has 0 spiro atoms. The highest BCUT2D eigenvalue weighted by Gasteiger charge is 2.28. The smallest absolute Gasteiger partial charge is 0.310 e. The van der Waals surface area contributed by atoms with Crippen molar-refractivity contribution in [3.8, 4) is 0 Å². The molecule has 0 aromatic heterocycles. The van der Waals surface area contributed by atoms with Crippen molar-refractivity contribution in [3.63, 3.8) is 0 Å². The third kappa shape index (κ3) is 5.82. The first-order valence-corrected chi connectivity index (χ1v) is 7.85. The van der Waals surface area contributed by atoms with Crippen molar-refractivity contribution >= 4 is 23.6 Å². The molecule has 1 unspecified atom stereocenters. The minimum Gasteiger partial charge on any atom is -0.466 e. The van der Waals surface area contributed by atoms with Gasteiger partial charge in [0.05, 0.1) is 24.9 Å². The molecule has 0 radical (unpaired) electrons. The number of carbonyl (C=O) groups excluding carboxylic acids is 2. The first kappa shape index (κ1) is 16.3. The monoisotopic (exact) mass is 289 g/mol. The van der Waals surface area contributed by atoms with E-state index in [0.29, 0.717) is 25.5 Å². The first-order chi connectivity index (χ1) is 9.19. The van der Waals surface area contributed by atoms with E-state index < -0.39 is 0 Å². The Morgan fingerprint density at radius 1 is 1.42 bits per heavy atom. The number of carbonyl (C=O) groups is 2. The molecule has 110 valence electrons. The van der Waals surface area contributed by atoms with Crippen molar-refractivity contribution in [2.45, 2.75) is 19.8 Å². The SMILES string of the molecule is CCOC(=O)C1CCCN(C(=O)CSCCOC)C1.